The van der Waals surface area contributed by atoms with Crippen molar-refractivity contribution >= 4 is 0 Å². The van der Waals surface area contributed by atoms with Gasteiger partial charge in [0.1, 0.15) is 0 Å². The van der Waals surface area contributed by atoms with Gasteiger partial charge < -0.3 is 9.52 Å². The van der Waals surface area contributed by atoms with Crippen molar-refractivity contribution in [3.63, 3.8) is 0 Å². The van der Waals surface area contributed by atoms with Crippen molar-refractivity contribution in [2.75, 3.05) is 13.1 Å². The molecular formula is C16H18N4O2. The molecule has 1 aromatic heterocycles. The van der Waals surface area contributed by atoms with Crippen LogP contribution >= 0.6 is 0 Å². The Labute approximate surface area is 129 Å². The summed E-state index contributed by atoms with van der Waals surface area (Å²) >= 11 is 0. The Bertz CT molecular complexity index is 672. The van der Waals surface area contributed by atoms with Crippen molar-refractivity contribution in [2.24, 2.45) is 5.92 Å². The molecule has 1 aliphatic heterocycles. The zero-order valence-electron chi connectivity index (χ0n) is 12.4. The minimum atomic E-state index is -0.276. The van der Waals surface area contributed by atoms with Gasteiger partial charge in [0.05, 0.1) is 24.3 Å². The first-order valence-corrected chi connectivity index (χ1v) is 7.39. The third-order valence-corrected chi connectivity index (χ3v) is 4.08. The van der Waals surface area contributed by atoms with E-state index in [1.807, 2.05) is 6.92 Å². The second-order valence-corrected chi connectivity index (χ2v) is 5.71. The normalized spacial score (nSPS) is 20.0. The molecule has 2 heterocycles. The number of aliphatic hydroxyl groups is 1. The number of nitrogens with zero attached hydrogens (tertiary/aromatic N) is 4. The molecule has 3 rings (SSSR count). The highest BCUT2D eigenvalue weighted by molar-refractivity contribution is 5.54. The van der Waals surface area contributed by atoms with Crippen LogP contribution in [0, 0.1) is 17.2 Å². The third-order valence-electron chi connectivity index (χ3n) is 4.08. The monoisotopic (exact) mass is 298 g/mol. The van der Waals surface area contributed by atoms with Crippen molar-refractivity contribution in [2.45, 2.75) is 26.0 Å². The third kappa shape index (κ3) is 3.16. The Morgan fingerprint density at radius 2 is 2.18 bits per heavy atom. The Kier molecular flexibility index (Phi) is 4.18. The highest BCUT2D eigenvalue weighted by atomic mass is 16.4. The molecule has 2 unspecified atom stereocenters. The smallest absolute Gasteiger partial charge is 0.247 e. The van der Waals surface area contributed by atoms with E-state index in [1.54, 1.807) is 24.3 Å². The summed E-state index contributed by atoms with van der Waals surface area (Å²) in [6.07, 6.45) is 0.718. The van der Waals surface area contributed by atoms with Gasteiger partial charge in [-0.15, -0.1) is 10.2 Å². The quantitative estimate of drug-likeness (QED) is 0.926. The van der Waals surface area contributed by atoms with Crippen LogP contribution in [0.1, 0.15) is 24.8 Å². The number of aromatic nitrogens is 2. The number of hydrogen-bond acceptors (Lipinski definition) is 6. The summed E-state index contributed by atoms with van der Waals surface area (Å²) in [6, 6.07) is 9.14. The van der Waals surface area contributed by atoms with Gasteiger partial charge in [0.2, 0.25) is 11.8 Å². The predicted octanol–water partition coefficient (Wildman–Crippen LogP) is 1.81. The molecule has 1 saturated heterocycles. The van der Waals surface area contributed by atoms with Crippen LogP contribution in [0.4, 0.5) is 0 Å². The van der Waals surface area contributed by atoms with Crippen molar-refractivity contribution in [3.05, 3.63) is 35.7 Å². The second-order valence-electron chi connectivity index (χ2n) is 5.71. The molecule has 0 amide bonds. The minimum absolute atomic E-state index is 0.276. The van der Waals surface area contributed by atoms with Gasteiger partial charge >= 0.3 is 0 Å². The summed E-state index contributed by atoms with van der Waals surface area (Å²) in [4.78, 5) is 2.22. The summed E-state index contributed by atoms with van der Waals surface area (Å²) in [5, 5.41) is 26.6. The summed E-state index contributed by atoms with van der Waals surface area (Å²) in [5.74, 6) is 1.36. The fourth-order valence-electron chi connectivity index (χ4n) is 2.71. The topological polar surface area (TPSA) is 86.2 Å². The maximum atomic E-state index is 9.63. The Morgan fingerprint density at radius 1 is 1.41 bits per heavy atom. The molecular weight excluding hydrogens is 280 g/mol. The van der Waals surface area contributed by atoms with Crippen LogP contribution in [0.25, 0.3) is 11.5 Å². The lowest BCUT2D eigenvalue weighted by Gasteiger charge is -2.15. The fraction of sp³-hybridized carbons (Fsp3) is 0.438. The van der Waals surface area contributed by atoms with Crippen molar-refractivity contribution in [3.8, 4) is 17.5 Å². The Balaban J connectivity index is 1.65. The zero-order chi connectivity index (χ0) is 15.5. The van der Waals surface area contributed by atoms with Crippen molar-refractivity contribution < 1.29 is 9.52 Å². The van der Waals surface area contributed by atoms with E-state index in [2.05, 4.69) is 21.2 Å². The van der Waals surface area contributed by atoms with Crippen LogP contribution in [0.3, 0.4) is 0 Å². The summed E-state index contributed by atoms with van der Waals surface area (Å²) < 4.78 is 5.69. The largest absolute Gasteiger partial charge is 0.419 e. The van der Waals surface area contributed by atoms with Crippen LogP contribution in [0.5, 0.6) is 0 Å². The van der Waals surface area contributed by atoms with Crippen LogP contribution in [0.15, 0.2) is 28.7 Å². The first-order chi connectivity index (χ1) is 10.7. The number of likely N-dealkylation sites (tertiary alicyclic amines) is 1. The molecule has 0 aliphatic carbocycles. The summed E-state index contributed by atoms with van der Waals surface area (Å²) in [6.45, 7) is 4.23. The molecule has 6 nitrogen and oxygen atoms in total. The van der Waals surface area contributed by atoms with E-state index in [0.29, 0.717) is 29.8 Å². The second kappa shape index (κ2) is 6.26. The molecule has 0 saturated carbocycles. The highest BCUT2D eigenvalue weighted by Gasteiger charge is 2.27. The minimum Gasteiger partial charge on any atom is -0.419 e. The van der Waals surface area contributed by atoms with Gasteiger partial charge in [-0.25, -0.2) is 0 Å². The lowest BCUT2D eigenvalue weighted by Crippen LogP contribution is -2.24. The van der Waals surface area contributed by atoms with Gasteiger partial charge in [-0.1, -0.05) is 0 Å². The van der Waals surface area contributed by atoms with Gasteiger partial charge in [-0.3, -0.25) is 4.90 Å². The molecule has 22 heavy (non-hydrogen) atoms. The maximum absolute atomic E-state index is 9.63. The lowest BCUT2D eigenvalue weighted by atomic mass is 10.0. The van der Waals surface area contributed by atoms with Gasteiger partial charge in [0.15, 0.2) is 0 Å². The Hall–Kier alpha value is -2.23. The molecule has 1 fully saturated rings. The molecule has 0 radical (unpaired) electrons. The van der Waals surface area contributed by atoms with Crippen LogP contribution in [0.2, 0.25) is 0 Å². The van der Waals surface area contributed by atoms with Crippen molar-refractivity contribution in [1.29, 1.82) is 5.26 Å². The number of nitriles is 1. The molecule has 0 bridgehead atoms. The SMILES string of the molecule is CC(O)C1CCN(Cc2nnc(-c3ccc(C#N)cc3)o2)C1. The van der Waals surface area contributed by atoms with E-state index < -0.39 is 0 Å². The number of benzene rings is 1. The molecule has 2 atom stereocenters. The summed E-state index contributed by atoms with van der Waals surface area (Å²) in [5.41, 5.74) is 1.41. The van der Waals surface area contributed by atoms with E-state index in [-0.39, 0.29) is 6.10 Å². The highest BCUT2D eigenvalue weighted by Crippen LogP contribution is 2.23. The molecule has 2 aromatic rings. The summed E-state index contributed by atoms with van der Waals surface area (Å²) in [7, 11) is 0. The molecule has 114 valence electrons. The molecule has 0 spiro atoms. The van der Waals surface area contributed by atoms with E-state index >= 15 is 0 Å². The first-order valence-electron chi connectivity index (χ1n) is 7.39. The number of aliphatic hydroxyl groups excluding tert-OH is 1. The zero-order valence-corrected chi connectivity index (χ0v) is 12.4. The average Bonchev–Trinajstić information content (AvgIpc) is 3.17. The van der Waals surface area contributed by atoms with Gasteiger partial charge in [0, 0.05) is 12.1 Å². The van der Waals surface area contributed by atoms with E-state index in [9.17, 15) is 5.11 Å². The van der Waals surface area contributed by atoms with Crippen LogP contribution < -0.4 is 0 Å². The standard InChI is InChI=1S/C16H18N4O2/c1-11(21)14-6-7-20(9-14)10-15-18-19-16(22-15)13-4-2-12(8-17)3-5-13/h2-5,11,14,21H,6-7,9-10H2,1H3. The molecule has 6 heteroatoms. The average molecular weight is 298 g/mol. The van der Waals surface area contributed by atoms with E-state index in [0.717, 1.165) is 25.1 Å². The van der Waals surface area contributed by atoms with E-state index in [1.165, 1.54) is 0 Å². The molecule has 1 N–H and O–H groups in total. The number of rotatable bonds is 4. The van der Waals surface area contributed by atoms with Gasteiger partial charge in [-0.2, -0.15) is 5.26 Å². The molecule has 1 aromatic carbocycles. The first kappa shape index (κ1) is 14.7. The van der Waals surface area contributed by atoms with Gasteiger partial charge in [-0.05, 0) is 50.1 Å². The van der Waals surface area contributed by atoms with Gasteiger partial charge in [0.25, 0.3) is 0 Å². The van der Waals surface area contributed by atoms with Crippen molar-refractivity contribution in [1.82, 2.24) is 15.1 Å². The lowest BCUT2D eigenvalue weighted by molar-refractivity contribution is 0.126. The fourth-order valence-corrected chi connectivity index (χ4v) is 2.71. The predicted molar refractivity (Wildman–Crippen MR) is 79.5 cm³/mol. The maximum Gasteiger partial charge on any atom is 0.247 e. The van der Waals surface area contributed by atoms with E-state index in [4.69, 9.17) is 9.68 Å². The van der Waals surface area contributed by atoms with Crippen LogP contribution in [-0.4, -0.2) is 39.4 Å². The molecule has 1 aliphatic rings. The van der Waals surface area contributed by atoms with Crippen LogP contribution in [-0.2, 0) is 6.54 Å². The number of hydrogen-bond donors (Lipinski definition) is 1. The Morgan fingerprint density at radius 3 is 2.82 bits per heavy atom.